The van der Waals surface area contributed by atoms with E-state index < -0.39 is 0 Å². The van der Waals surface area contributed by atoms with E-state index in [1.165, 1.54) is 11.3 Å². The van der Waals surface area contributed by atoms with Crippen LogP contribution in [0.3, 0.4) is 0 Å². The monoisotopic (exact) mass is 480 g/mol. The maximum absolute atomic E-state index is 6.42. The molecule has 7 heteroatoms. The highest BCUT2D eigenvalue weighted by atomic mass is 32.1. The largest absolute Gasteiger partial charge is 0.497 e. The van der Waals surface area contributed by atoms with Crippen LogP contribution in [0.1, 0.15) is 13.8 Å². The van der Waals surface area contributed by atoms with Crippen molar-refractivity contribution in [3.63, 3.8) is 0 Å². The van der Waals surface area contributed by atoms with Gasteiger partial charge >= 0.3 is 0 Å². The van der Waals surface area contributed by atoms with E-state index in [4.69, 9.17) is 24.1 Å². The Morgan fingerprint density at radius 1 is 0.914 bits per heavy atom. The van der Waals surface area contributed by atoms with Crippen molar-refractivity contribution in [2.75, 3.05) is 25.1 Å². The van der Waals surface area contributed by atoms with E-state index in [1.54, 1.807) is 7.11 Å². The second-order valence-corrected chi connectivity index (χ2v) is 9.28. The van der Waals surface area contributed by atoms with Gasteiger partial charge in [-0.05, 0) is 44.2 Å². The lowest BCUT2D eigenvalue weighted by Crippen LogP contribution is -2.21. The number of rotatable bonds is 5. The summed E-state index contributed by atoms with van der Waals surface area (Å²) < 4.78 is 12.8. The van der Waals surface area contributed by atoms with Crippen LogP contribution in [0.2, 0.25) is 0 Å². The summed E-state index contributed by atoms with van der Waals surface area (Å²) in [4.78, 5) is 16.9. The third kappa shape index (κ3) is 3.78. The molecule has 1 aliphatic carbocycles. The summed E-state index contributed by atoms with van der Waals surface area (Å²) >= 11 is 1.54. The highest BCUT2D eigenvalue weighted by Crippen LogP contribution is 2.33. The molecule has 0 fully saturated rings. The van der Waals surface area contributed by atoms with Crippen LogP contribution in [-0.4, -0.2) is 30.2 Å². The average molecular weight is 481 g/mol. The molecule has 0 unspecified atom stereocenters. The predicted octanol–water partition coefficient (Wildman–Crippen LogP) is 6.78. The van der Waals surface area contributed by atoms with Gasteiger partial charge in [0.2, 0.25) is 5.13 Å². The van der Waals surface area contributed by atoms with Crippen molar-refractivity contribution in [2.24, 2.45) is 4.99 Å². The molecule has 2 aliphatic rings. The second-order valence-electron chi connectivity index (χ2n) is 8.27. The molecule has 0 N–H and O–H groups in total. The van der Waals surface area contributed by atoms with E-state index >= 15 is 0 Å². The van der Waals surface area contributed by atoms with Gasteiger partial charge in [0, 0.05) is 41.7 Å². The smallest absolute Gasteiger partial charge is 0.210 e. The zero-order valence-corrected chi connectivity index (χ0v) is 20.6. The van der Waals surface area contributed by atoms with Crippen LogP contribution >= 0.6 is 11.3 Å². The minimum atomic E-state index is 0.690. The van der Waals surface area contributed by atoms with E-state index in [-0.39, 0.29) is 0 Å². The Hall–Kier alpha value is -3.97. The zero-order chi connectivity index (χ0) is 23.9. The molecule has 1 aromatic heterocycles. The first-order valence-corrected chi connectivity index (χ1v) is 12.5. The molecule has 1 aliphatic heterocycles. The first kappa shape index (κ1) is 21.6. The van der Waals surface area contributed by atoms with Gasteiger partial charge in [-0.15, -0.1) is 0 Å². The van der Waals surface area contributed by atoms with Crippen molar-refractivity contribution < 1.29 is 9.15 Å². The Balaban J connectivity index is 1.58. The fourth-order valence-corrected chi connectivity index (χ4v) is 5.35. The molecule has 0 saturated heterocycles. The molecule has 0 bridgehead atoms. The normalized spacial score (nSPS) is 12.3. The van der Waals surface area contributed by atoms with E-state index in [0.717, 1.165) is 67.7 Å². The maximum Gasteiger partial charge on any atom is 0.210 e. The van der Waals surface area contributed by atoms with Crippen LogP contribution < -0.4 is 15.0 Å². The topological polar surface area (TPSA) is 63.8 Å². The Morgan fingerprint density at radius 3 is 2.51 bits per heavy atom. The number of thiazole rings is 1. The summed E-state index contributed by atoms with van der Waals surface area (Å²) in [5, 5.41) is 3.52. The predicted molar refractivity (Wildman–Crippen MR) is 143 cm³/mol. The van der Waals surface area contributed by atoms with Gasteiger partial charge in [-0.1, -0.05) is 35.6 Å². The van der Waals surface area contributed by atoms with Gasteiger partial charge in [0.15, 0.2) is 11.3 Å². The third-order valence-corrected chi connectivity index (χ3v) is 7.20. The summed E-state index contributed by atoms with van der Waals surface area (Å²) in [6.45, 7) is 6.18. The molecule has 0 amide bonds. The van der Waals surface area contributed by atoms with E-state index in [2.05, 4.69) is 43.0 Å². The summed E-state index contributed by atoms with van der Waals surface area (Å²) in [6, 6.07) is 22.2. The number of hydrogen-bond donors (Lipinski definition) is 0. The number of hydrogen-bond acceptors (Lipinski definition) is 7. The minimum absolute atomic E-state index is 0.690. The quantitative estimate of drug-likeness (QED) is 0.201. The highest BCUT2D eigenvalue weighted by molar-refractivity contribution is 7.21. The zero-order valence-electron chi connectivity index (χ0n) is 19.8. The van der Waals surface area contributed by atoms with Crippen molar-refractivity contribution in [1.82, 2.24) is 9.97 Å². The highest BCUT2D eigenvalue weighted by Gasteiger charge is 2.16. The van der Waals surface area contributed by atoms with E-state index in [0.29, 0.717) is 10.9 Å². The summed E-state index contributed by atoms with van der Waals surface area (Å²) in [7, 11) is 1.67. The van der Waals surface area contributed by atoms with Gasteiger partial charge < -0.3 is 14.1 Å². The van der Waals surface area contributed by atoms with Gasteiger partial charge in [-0.25, -0.2) is 15.0 Å². The number of anilines is 1. The molecule has 0 spiro atoms. The second kappa shape index (κ2) is 8.67. The Kier molecular flexibility index (Phi) is 5.34. The van der Waals surface area contributed by atoms with Crippen molar-refractivity contribution >= 4 is 54.2 Å². The molecule has 4 aromatic rings. The van der Waals surface area contributed by atoms with Gasteiger partial charge in [0.25, 0.3) is 0 Å². The van der Waals surface area contributed by atoms with E-state index in [9.17, 15) is 0 Å². The maximum atomic E-state index is 6.42. The first-order chi connectivity index (χ1) is 17.2. The van der Waals surface area contributed by atoms with Crippen LogP contribution in [0.5, 0.6) is 5.75 Å². The minimum Gasteiger partial charge on any atom is -0.497 e. The lowest BCUT2D eigenvalue weighted by molar-refractivity contribution is 0.415. The molecular formula is C28H24N4O2S. The lowest BCUT2D eigenvalue weighted by Gasteiger charge is -2.21. The number of methoxy groups -OCH3 is 1. The van der Waals surface area contributed by atoms with Crippen LogP contribution in [0.15, 0.2) is 76.1 Å². The number of fused-ring (bicyclic) bond motifs is 5. The molecule has 174 valence electrons. The molecule has 0 radical (unpaired) electrons. The fraction of sp³-hybridized carbons (Fsp3) is 0.179. The van der Waals surface area contributed by atoms with Crippen LogP contribution in [0.25, 0.3) is 43.5 Å². The molecule has 0 atom stereocenters. The number of nitrogens with zero attached hydrogens (tertiary/aromatic N) is 4. The van der Waals surface area contributed by atoms with Gasteiger partial charge in [-0.3, -0.25) is 0 Å². The molecule has 0 saturated carbocycles. The SMILES string of the molecule is CCN(CC)c1ccc2nc3c4ccccc4/c(=N\c4nc5ccc(OC)cc5s4)cc-3oc2c1. The molecule has 3 aromatic carbocycles. The van der Waals surface area contributed by atoms with Gasteiger partial charge in [0.05, 0.1) is 22.7 Å². The van der Waals surface area contributed by atoms with E-state index in [1.807, 2.05) is 42.5 Å². The number of ether oxygens (including phenoxy) is 1. The number of aromatic nitrogens is 2. The molecule has 6 rings (SSSR count). The van der Waals surface area contributed by atoms with Crippen molar-refractivity contribution in [3.8, 4) is 17.2 Å². The molecular weight excluding hydrogens is 456 g/mol. The van der Waals surface area contributed by atoms with Gasteiger partial charge in [0.1, 0.15) is 17.0 Å². The van der Waals surface area contributed by atoms with Crippen LogP contribution in [-0.2, 0) is 0 Å². The van der Waals surface area contributed by atoms with Gasteiger partial charge in [-0.2, -0.15) is 0 Å². The fourth-order valence-electron chi connectivity index (χ4n) is 4.47. The first-order valence-electron chi connectivity index (χ1n) is 11.7. The Bertz CT molecular complexity index is 1730. The lowest BCUT2D eigenvalue weighted by atomic mass is 10.0. The molecule has 35 heavy (non-hydrogen) atoms. The van der Waals surface area contributed by atoms with Crippen LogP contribution in [0, 0.1) is 0 Å². The summed E-state index contributed by atoms with van der Waals surface area (Å²) in [5.74, 6) is 1.51. The van der Waals surface area contributed by atoms with Crippen molar-refractivity contribution in [3.05, 3.63) is 72.1 Å². The Labute approximate surface area is 206 Å². The molecule has 6 nitrogen and oxygen atoms in total. The number of benzene rings is 4. The van der Waals surface area contributed by atoms with Crippen molar-refractivity contribution in [1.29, 1.82) is 0 Å². The average Bonchev–Trinajstić information content (AvgIpc) is 3.30. The molecule has 2 heterocycles. The summed E-state index contributed by atoms with van der Waals surface area (Å²) in [5.41, 5.74) is 4.46. The van der Waals surface area contributed by atoms with Crippen molar-refractivity contribution in [2.45, 2.75) is 13.8 Å². The standard InChI is InChI=1S/C28H24N4O2S/c1-4-32(5-2)17-10-12-21-24(14-17)34-25-16-23(19-8-6-7-9-20(19)27(25)29-21)31-28-30-22-13-11-18(33-3)15-26(22)35-28/h6-16H,4-5H2,1-3H3/b31-23-. The Morgan fingerprint density at radius 2 is 1.71 bits per heavy atom. The third-order valence-electron chi connectivity index (χ3n) is 6.28. The van der Waals surface area contributed by atoms with Crippen LogP contribution in [0.4, 0.5) is 10.8 Å². The summed E-state index contributed by atoms with van der Waals surface area (Å²) in [6.07, 6.45) is 0.